The number of anilines is 1. The number of para-hydroxylation sites is 2. The normalized spacial score (nSPS) is 14.4. The number of amides is 1. The van der Waals surface area contributed by atoms with Crippen LogP contribution in [0.2, 0.25) is 5.15 Å². The molecule has 0 N–H and O–H groups in total. The van der Waals surface area contributed by atoms with Crippen molar-refractivity contribution in [2.45, 2.75) is 6.92 Å². The van der Waals surface area contributed by atoms with Crippen molar-refractivity contribution in [3.8, 4) is 5.75 Å². The van der Waals surface area contributed by atoms with Gasteiger partial charge in [-0.1, -0.05) is 35.4 Å². The molecule has 0 unspecified atom stereocenters. The molecule has 5 nitrogen and oxygen atoms in total. The highest BCUT2D eigenvalue weighted by atomic mass is 35.5. The standard InChI is InChI=1S/C24H22ClN3O2S/c1-15-7-8-18-16(13-15)22-17(23(25)26-18)14-21(31-22)24(29)28-11-9-27(10-12-28)19-5-3-4-6-20(19)30-2/h3-8,13-14H,9-12H2,1-2H3. The minimum absolute atomic E-state index is 0.0535. The summed E-state index contributed by atoms with van der Waals surface area (Å²) in [5.41, 5.74) is 3.08. The number of hydrogen-bond donors (Lipinski definition) is 0. The molecule has 2 aromatic carbocycles. The second-order valence-corrected chi connectivity index (χ2v) is 9.14. The number of hydrogen-bond acceptors (Lipinski definition) is 5. The molecule has 0 atom stereocenters. The highest BCUT2D eigenvalue weighted by Crippen LogP contribution is 2.37. The largest absolute Gasteiger partial charge is 0.495 e. The second-order valence-electron chi connectivity index (χ2n) is 7.73. The van der Waals surface area contributed by atoms with Crippen molar-refractivity contribution >= 4 is 55.5 Å². The molecule has 1 aliphatic rings. The van der Waals surface area contributed by atoms with E-state index in [-0.39, 0.29) is 5.91 Å². The second kappa shape index (κ2) is 8.02. The van der Waals surface area contributed by atoms with Crippen molar-refractivity contribution in [1.82, 2.24) is 9.88 Å². The van der Waals surface area contributed by atoms with E-state index in [1.807, 2.05) is 41.3 Å². The molecule has 31 heavy (non-hydrogen) atoms. The molecule has 1 amide bonds. The van der Waals surface area contributed by atoms with Gasteiger partial charge in [-0.05, 0) is 37.3 Å². The van der Waals surface area contributed by atoms with Crippen molar-refractivity contribution in [2.75, 3.05) is 38.2 Å². The summed E-state index contributed by atoms with van der Waals surface area (Å²) in [5.74, 6) is 0.911. The molecule has 1 fully saturated rings. The van der Waals surface area contributed by atoms with Crippen molar-refractivity contribution < 1.29 is 9.53 Å². The number of carbonyl (C=O) groups is 1. The fourth-order valence-corrected chi connectivity index (χ4v) is 5.59. The molecule has 3 heterocycles. The van der Waals surface area contributed by atoms with Gasteiger partial charge in [0, 0.05) is 41.7 Å². The molecule has 0 bridgehead atoms. The third-order valence-corrected chi connectivity index (χ3v) is 7.22. The summed E-state index contributed by atoms with van der Waals surface area (Å²) in [6.07, 6.45) is 0. The van der Waals surface area contributed by atoms with Crippen molar-refractivity contribution in [2.24, 2.45) is 0 Å². The van der Waals surface area contributed by atoms with Crippen LogP contribution in [0.5, 0.6) is 5.75 Å². The maximum atomic E-state index is 13.3. The van der Waals surface area contributed by atoms with Gasteiger partial charge in [-0.25, -0.2) is 4.98 Å². The summed E-state index contributed by atoms with van der Waals surface area (Å²) in [5, 5.41) is 2.34. The number of ether oxygens (including phenoxy) is 1. The number of aryl methyl sites for hydroxylation is 1. The van der Waals surface area contributed by atoms with Gasteiger partial charge in [0.15, 0.2) is 0 Å². The highest BCUT2D eigenvalue weighted by molar-refractivity contribution is 7.21. The predicted octanol–water partition coefficient (Wildman–Crippen LogP) is 5.38. The van der Waals surface area contributed by atoms with E-state index in [4.69, 9.17) is 16.3 Å². The summed E-state index contributed by atoms with van der Waals surface area (Å²) in [6, 6.07) is 16.0. The van der Waals surface area contributed by atoms with Crippen molar-refractivity contribution in [3.05, 3.63) is 64.1 Å². The van der Waals surface area contributed by atoms with Crippen LogP contribution >= 0.6 is 22.9 Å². The number of piperazine rings is 1. The van der Waals surface area contributed by atoms with Crippen LogP contribution in [-0.4, -0.2) is 49.1 Å². The third kappa shape index (κ3) is 3.60. The highest BCUT2D eigenvalue weighted by Gasteiger charge is 2.25. The Kier molecular flexibility index (Phi) is 5.20. The first-order valence-electron chi connectivity index (χ1n) is 10.2. The van der Waals surface area contributed by atoms with E-state index in [0.29, 0.717) is 23.1 Å². The summed E-state index contributed by atoms with van der Waals surface area (Å²) in [4.78, 5) is 22.7. The zero-order valence-corrected chi connectivity index (χ0v) is 19.0. The van der Waals surface area contributed by atoms with Crippen molar-refractivity contribution in [1.29, 1.82) is 0 Å². The fourth-order valence-electron chi connectivity index (χ4n) is 4.14. The lowest BCUT2D eigenvalue weighted by Crippen LogP contribution is -2.48. The Hall–Kier alpha value is -2.83. The Morgan fingerprint density at radius 3 is 2.61 bits per heavy atom. The first-order chi connectivity index (χ1) is 15.0. The number of halogens is 1. The number of thiophene rings is 1. The van der Waals surface area contributed by atoms with Gasteiger partial charge in [-0.3, -0.25) is 4.79 Å². The minimum Gasteiger partial charge on any atom is -0.495 e. The average Bonchev–Trinajstić information content (AvgIpc) is 3.26. The number of aromatic nitrogens is 1. The predicted molar refractivity (Wildman–Crippen MR) is 128 cm³/mol. The SMILES string of the molecule is COc1ccccc1N1CCN(C(=O)c2cc3c(Cl)nc4ccc(C)cc4c3s2)CC1. The smallest absolute Gasteiger partial charge is 0.264 e. The minimum atomic E-state index is 0.0535. The number of carbonyl (C=O) groups excluding carboxylic acids is 1. The molecular formula is C24H22ClN3O2S. The Labute approximate surface area is 189 Å². The maximum Gasteiger partial charge on any atom is 0.264 e. The van der Waals surface area contributed by atoms with E-state index in [1.54, 1.807) is 7.11 Å². The molecule has 7 heteroatoms. The lowest BCUT2D eigenvalue weighted by Gasteiger charge is -2.36. The van der Waals surface area contributed by atoms with Gasteiger partial charge in [0.2, 0.25) is 0 Å². The van der Waals surface area contributed by atoms with Crippen LogP contribution < -0.4 is 9.64 Å². The molecule has 0 spiro atoms. The van der Waals surface area contributed by atoms with Crippen LogP contribution in [0.3, 0.4) is 0 Å². The number of rotatable bonds is 3. The fraction of sp³-hybridized carbons (Fsp3) is 0.250. The van der Waals surface area contributed by atoms with Gasteiger partial charge in [0.05, 0.1) is 23.2 Å². The van der Waals surface area contributed by atoms with Crippen molar-refractivity contribution in [3.63, 3.8) is 0 Å². The molecule has 2 aromatic heterocycles. The summed E-state index contributed by atoms with van der Waals surface area (Å²) in [7, 11) is 1.69. The van der Waals surface area contributed by atoms with Gasteiger partial charge in [0.25, 0.3) is 5.91 Å². The Morgan fingerprint density at radius 2 is 1.84 bits per heavy atom. The summed E-state index contributed by atoms with van der Waals surface area (Å²) < 4.78 is 6.51. The van der Waals surface area contributed by atoms with Gasteiger partial charge >= 0.3 is 0 Å². The zero-order chi connectivity index (χ0) is 21.5. The van der Waals surface area contributed by atoms with E-state index >= 15 is 0 Å². The van der Waals surface area contributed by atoms with E-state index < -0.39 is 0 Å². The molecular weight excluding hydrogens is 430 g/mol. The van der Waals surface area contributed by atoms with E-state index in [9.17, 15) is 4.79 Å². The molecule has 1 aliphatic heterocycles. The molecule has 0 saturated carbocycles. The average molecular weight is 452 g/mol. The Bertz CT molecular complexity index is 1290. The monoisotopic (exact) mass is 451 g/mol. The first kappa shape index (κ1) is 20.1. The van der Waals surface area contributed by atoms with Crippen LogP contribution in [-0.2, 0) is 0 Å². The lowest BCUT2D eigenvalue weighted by atomic mass is 10.1. The van der Waals surface area contributed by atoms with Crippen LogP contribution in [0.4, 0.5) is 5.69 Å². The van der Waals surface area contributed by atoms with Crippen LogP contribution in [0.25, 0.3) is 21.0 Å². The third-order valence-electron chi connectivity index (χ3n) is 5.77. The van der Waals surface area contributed by atoms with Gasteiger partial charge in [0.1, 0.15) is 10.9 Å². The van der Waals surface area contributed by atoms with Crippen LogP contribution in [0, 0.1) is 6.92 Å². The number of nitrogens with zero attached hydrogens (tertiary/aromatic N) is 3. The van der Waals surface area contributed by atoms with E-state index in [2.05, 4.69) is 28.9 Å². The Balaban J connectivity index is 1.40. The van der Waals surface area contributed by atoms with E-state index in [0.717, 1.165) is 51.1 Å². The Morgan fingerprint density at radius 1 is 1.06 bits per heavy atom. The number of benzene rings is 2. The molecule has 4 aromatic rings. The quantitative estimate of drug-likeness (QED) is 0.392. The number of pyridine rings is 1. The first-order valence-corrected chi connectivity index (χ1v) is 11.4. The lowest BCUT2D eigenvalue weighted by molar-refractivity contribution is 0.0751. The van der Waals surface area contributed by atoms with Crippen LogP contribution in [0.1, 0.15) is 15.2 Å². The van der Waals surface area contributed by atoms with E-state index in [1.165, 1.54) is 11.3 Å². The van der Waals surface area contributed by atoms with Gasteiger partial charge in [-0.2, -0.15) is 0 Å². The molecule has 0 radical (unpaired) electrons. The molecule has 158 valence electrons. The van der Waals surface area contributed by atoms with Gasteiger partial charge in [-0.15, -0.1) is 11.3 Å². The molecule has 0 aliphatic carbocycles. The van der Waals surface area contributed by atoms with Crippen LogP contribution in [0.15, 0.2) is 48.5 Å². The molecule has 5 rings (SSSR count). The number of fused-ring (bicyclic) bond motifs is 3. The zero-order valence-electron chi connectivity index (χ0n) is 17.4. The summed E-state index contributed by atoms with van der Waals surface area (Å²) in [6.45, 7) is 4.91. The number of methoxy groups -OCH3 is 1. The maximum absolute atomic E-state index is 13.3. The molecule has 1 saturated heterocycles. The van der Waals surface area contributed by atoms with Gasteiger partial charge < -0.3 is 14.5 Å². The summed E-state index contributed by atoms with van der Waals surface area (Å²) >= 11 is 7.95. The topological polar surface area (TPSA) is 45.7 Å².